The first-order chi connectivity index (χ1) is 8.69. The van der Waals surface area contributed by atoms with Crippen LogP contribution in [-0.4, -0.2) is 18.1 Å². The summed E-state index contributed by atoms with van der Waals surface area (Å²) < 4.78 is 4.63. The summed E-state index contributed by atoms with van der Waals surface area (Å²) in [5.74, 6) is -0.357. The highest BCUT2D eigenvalue weighted by Gasteiger charge is 2.05. The third-order valence-electron chi connectivity index (χ3n) is 2.75. The van der Waals surface area contributed by atoms with Crippen LogP contribution >= 0.6 is 0 Å². The predicted molar refractivity (Wildman–Crippen MR) is 69.6 cm³/mol. The molecule has 0 amide bonds. The van der Waals surface area contributed by atoms with Crippen LogP contribution in [0.15, 0.2) is 42.6 Å². The van der Waals surface area contributed by atoms with Crippen LogP contribution in [0.3, 0.4) is 0 Å². The first-order valence-corrected chi connectivity index (χ1v) is 5.78. The van der Waals surface area contributed by atoms with Crippen molar-refractivity contribution in [2.75, 3.05) is 7.11 Å². The number of carbonyl (C=O) groups is 1. The van der Waals surface area contributed by atoms with Crippen molar-refractivity contribution in [3.05, 3.63) is 65.0 Å². The highest BCUT2D eigenvalue weighted by molar-refractivity contribution is 5.88. The number of aromatic nitrogens is 1. The smallest absolute Gasteiger partial charge is 0.339 e. The number of pyridine rings is 1. The van der Waals surface area contributed by atoms with Gasteiger partial charge < -0.3 is 4.74 Å². The number of hydrogen-bond donors (Lipinski definition) is 0. The summed E-state index contributed by atoms with van der Waals surface area (Å²) >= 11 is 0. The van der Waals surface area contributed by atoms with E-state index in [1.54, 1.807) is 12.3 Å². The van der Waals surface area contributed by atoms with Gasteiger partial charge in [-0.05, 0) is 24.6 Å². The molecule has 0 N–H and O–H groups in total. The zero-order valence-corrected chi connectivity index (χ0v) is 10.5. The van der Waals surface area contributed by atoms with E-state index in [-0.39, 0.29) is 5.97 Å². The maximum atomic E-state index is 11.3. The van der Waals surface area contributed by atoms with E-state index in [1.807, 2.05) is 6.07 Å². The molecule has 0 saturated carbocycles. The van der Waals surface area contributed by atoms with Crippen molar-refractivity contribution in [2.24, 2.45) is 0 Å². The molecule has 1 heterocycles. The summed E-state index contributed by atoms with van der Waals surface area (Å²) in [5.41, 5.74) is 3.86. The monoisotopic (exact) mass is 241 g/mol. The number of hydrogen-bond acceptors (Lipinski definition) is 3. The quantitative estimate of drug-likeness (QED) is 0.776. The van der Waals surface area contributed by atoms with E-state index in [4.69, 9.17) is 0 Å². The third kappa shape index (κ3) is 2.94. The number of esters is 1. The average Bonchev–Trinajstić information content (AvgIpc) is 2.41. The average molecular weight is 241 g/mol. The van der Waals surface area contributed by atoms with Gasteiger partial charge in [-0.15, -0.1) is 0 Å². The Kier molecular flexibility index (Phi) is 3.72. The van der Waals surface area contributed by atoms with E-state index in [2.05, 4.69) is 40.9 Å². The summed E-state index contributed by atoms with van der Waals surface area (Å²) in [4.78, 5) is 15.5. The minimum atomic E-state index is -0.357. The number of methoxy groups -OCH3 is 1. The van der Waals surface area contributed by atoms with Crippen molar-refractivity contribution in [1.82, 2.24) is 4.98 Å². The van der Waals surface area contributed by atoms with Gasteiger partial charge in [-0.1, -0.05) is 29.8 Å². The van der Waals surface area contributed by atoms with Crippen LogP contribution in [0.25, 0.3) is 0 Å². The van der Waals surface area contributed by atoms with E-state index in [1.165, 1.54) is 18.2 Å². The van der Waals surface area contributed by atoms with Crippen molar-refractivity contribution in [3.8, 4) is 0 Å². The Morgan fingerprint density at radius 2 is 1.89 bits per heavy atom. The van der Waals surface area contributed by atoms with E-state index < -0.39 is 0 Å². The molecular formula is C15H15NO2. The third-order valence-corrected chi connectivity index (χ3v) is 2.75. The Hall–Kier alpha value is -2.16. The number of benzene rings is 1. The second-order valence-electron chi connectivity index (χ2n) is 4.19. The molecule has 2 aromatic rings. The summed E-state index contributed by atoms with van der Waals surface area (Å²) in [6.07, 6.45) is 2.32. The maximum Gasteiger partial charge on any atom is 0.339 e. The highest BCUT2D eigenvalue weighted by atomic mass is 16.5. The van der Waals surface area contributed by atoms with Gasteiger partial charge in [0.2, 0.25) is 0 Å². The van der Waals surface area contributed by atoms with Gasteiger partial charge in [0.25, 0.3) is 0 Å². The van der Waals surface area contributed by atoms with Gasteiger partial charge in [0.1, 0.15) is 0 Å². The molecule has 0 spiro atoms. The van der Waals surface area contributed by atoms with Crippen molar-refractivity contribution in [3.63, 3.8) is 0 Å². The van der Waals surface area contributed by atoms with E-state index in [0.717, 1.165) is 12.1 Å². The molecule has 3 nitrogen and oxygen atoms in total. The molecule has 0 aliphatic rings. The zero-order valence-electron chi connectivity index (χ0n) is 10.5. The number of rotatable bonds is 3. The maximum absolute atomic E-state index is 11.3. The van der Waals surface area contributed by atoms with E-state index in [0.29, 0.717) is 5.56 Å². The molecule has 3 heteroatoms. The molecule has 0 aliphatic carbocycles. The van der Waals surface area contributed by atoms with Crippen LogP contribution in [0.5, 0.6) is 0 Å². The van der Waals surface area contributed by atoms with Crippen LogP contribution in [-0.2, 0) is 11.2 Å². The second kappa shape index (κ2) is 5.45. The van der Waals surface area contributed by atoms with Gasteiger partial charge in [0.15, 0.2) is 0 Å². The van der Waals surface area contributed by atoms with Crippen LogP contribution in [0.1, 0.15) is 27.2 Å². The predicted octanol–water partition coefficient (Wildman–Crippen LogP) is 2.77. The molecular weight excluding hydrogens is 226 g/mol. The molecule has 92 valence electrons. The van der Waals surface area contributed by atoms with Gasteiger partial charge in [-0.2, -0.15) is 0 Å². The number of ether oxygens (including phenoxy) is 1. The lowest BCUT2D eigenvalue weighted by Gasteiger charge is -2.03. The van der Waals surface area contributed by atoms with Crippen LogP contribution in [0.4, 0.5) is 0 Å². The van der Waals surface area contributed by atoms with Gasteiger partial charge in [-0.3, -0.25) is 4.98 Å². The fourth-order valence-corrected chi connectivity index (χ4v) is 1.68. The lowest BCUT2D eigenvalue weighted by Crippen LogP contribution is -2.02. The minimum Gasteiger partial charge on any atom is -0.465 e. The molecule has 2 rings (SSSR count). The van der Waals surface area contributed by atoms with Crippen molar-refractivity contribution < 1.29 is 9.53 Å². The molecule has 0 fully saturated rings. The van der Waals surface area contributed by atoms with Crippen molar-refractivity contribution in [2.45, 2.75) is 13.3 Å². The molecule has 0 aliphatic heterocycles. The van der Waals surface area contributed by atoms with Gasteiger partial charge in [0.05, 0.1) is 12.7 Å². The van der Waals surface area contributed by atoms with Gasteiger partial charge in [0, 0.05) is 18.3 Å². The first-order valence-electron chi connectivity index (χ1n) is 5.78. The summed E-state index contributed by atoms with van der Waals surface area (Å²) in [6.45, 7) is 2.06. The second-order valence-corrected chi connectivity index (χ2v) is 4.19. The van der Waals surface area contributed by atoms with E-state index >= 15 is 0 Å². The van der Waals surface area contributed by atoms with E-state index in [9.17, 15) is 4.79 Å². The molecule has 0 atom stereocenters. The van der Waals surface area contributed by atoms with Crippen LogP contribution < -0.4 is 0 Å². The zero-order chi connectivity index (χ0) is 13.0. The van der Waals surface area contributed by atoms with Crippen LogP contribution in [0.2, 0.25) is 0 Å². The SMILES string of the molecule is COC(=O)c1ccc(Cc2ccc(C)cc2)nc1. The number of carbonyl (C=O) groups excluding carboxylic acids is 1. The molecule has 1 aromatic carbocycles. The topological polar surface area (TPSA) is 39.2 Å². The lowest BCUT2D eigenvalue weighted by atomic mass is 10.1. The fraction of sp³-hybridized carbons (Fsp3) is 0.200. The van der Waals surface area contributed by atoms with Gasteiger partial charge in [-0.25, -0.2) is 4.79 Å². The molecule has 0 unspecified atom stereocenters. The lowest BCUT2D eigenvalue weighted by molar-refractivity contribution is 0.0600. The number of nitrogens with zero attached hydrogens (tertiary/aromatic N) is 1. The standard InChI is InChI=1S/C15H15NO2/c1-11-3-5-12(6-4-11)9-14-8-7-13(10-16-14)15(17)18-2/h3-8,10H,9H2,1-2H3. The van der Waals surface area contributed by atoms with Gasteiger partial charge >= 0.3 is 5.97 Å². The first kappa shape index (κ1) is 12.3. The molecule has 0 bridgehead atoms. The Morgan fingerprint density at radius 1 is 1.17 bits per heavy atom. The fourth-order valence-electron chi connectivity index (χ4n) is 1.68. The summed E-state index contributed by atoms with van der Waals surface area (Å²) in [7, 11) is 1.36. The Bertz CT molecular complexity index is 529. The Balaban J connectivity index is 2.10. The molecule has 0 saturated heterocycles. The van der Waals surface area contributed by atoms with Crippen LogP contribution in [0, 0.1) is 6.92 Å². The Labute approximate surface area is 106 Å². The molecule has 0 radical (unpaired) electrons. The summed E-state index contributed by atoms with van der Waals surface area (Å²) in [5, 5.41) is 0. The highest BCUT2D eigenvalue weighted by Crippen LogP contribution is 2.10. The van der Waals surface area contributed by atoms with Crippen molar-refractivity contribution >= 4 is 5.97 Å². The Morgan fingerprint density at radius 3 is 2.44 bits per heavy atom. The normalized spacial score (nSPS) is 10.1. The number of aryl methyl sites for hydroxylation is 1. The molecule has 18 heavy (non-hydrogen) atoms. The molecule has 1 aromatic heterocycles. The largest absolute Gasteiger partial charge is 0.465 e. The van der Waals surface area contributed by atoms with Crippen molar-refractivity contribution in [1.29, 1.82) is 0 Å². The summed E-state index contributed by atoms with van der Waals surface area (Å²) in [6, 6.07) is 11.9. The minimum absolute atomic E-state index is 0.357.